The zero-order valence-corrected chi connectivity index (χ0v) is 16.9. The fourth-order valence-corrected chi connectivity index (χ4v) is 3.43. The fourth-order valence-electron chi connectivity index (χ4n) is 3.43. The lowest BCUT2D eigenvalue weighted by molar-refractivity contribution is -0.133. The minimum absolute atomic E-state index is 0.0996. The molecule has 30 heavy (non-hydrogen) atoms. The Bertz CT molecular complexity index is 1000. The topological polar surface area (TPSA) is 105 Å². The Balaban J connectivity index is 1.31. The summed E-state index contributed by atoms with van der Waals surface area (Å²) in [5.41, 5.74) is 1.97. The monoisotopic (exact) mass is 409 g/mol. The molecule has 156 valence electrons. The molecule has 1 unspecified atom stereocenters. The molecule has 1 aromatic carbocycles. The Labute approximate surface area is 173 Å². The molecule has 0 aliphatic carbocycles. The molecule has 2 amide bonds. The summed E-state index contributed by atoms with van der Waals surface area (Å²) in [5, 5.41) is 6.62. The Kier molecular flexibility index (Phi) is 5.51. The first-order valence-electron chi connectivity index (χ1n) is 9.80. The molecule has 1 atom stereocenters. The molecule has 1 N–H and O–H groups in total. The van der Waals surface area contributed by atoms with Crippen molar-refractivity contribution in [3.8, 4) is 11.4 Å². The zero-order chi connectivity index (χ0) is 21.1. The van der Waals surface area contributed by atoms with E-state index in [1.165, 1.54) is 6.26 Å². The summed E-state index contributed by atoms with van der Waals surface area (Å²) in [5.74, 6) is 0.803. The molecule has 3 heterocycles. The third kappa shape index (κ3) is 4.19. The number of nitrogens with one attached hydrogen (secondary N) is 1. The van der Waals surface area contributed by atoms with Crippen LogP contribution in [-0.4, -0.2) is 59.1 Å². The van der Waals surface area contributed by atoms with Gasteiger partial charge in [0.2, 0.25) is 17.6 Å². The number of aromatic nitrogens is 2. The summed E-state index contributed by atoms with van der Waals surface area (Å²) in [6.07, 6.45) is 1.43. The van der Waals surface area contributed by atoms with E-state index in [4.69, 9.17) is 8.94 Å². The first kappa shape index (κ1) is 19.7. The number of hydrogen-bond acceptors (Lipinski definition) is 7. The minimum Gasteiger partial charge on any atom is -0.459 e. The molecule has 2 aromatic heterocycles. The van der Waals surface area contributed by atoms with E-state index >= 15 is 0 Å². The number of carbonyl (C=O) groups is 2. The Morgan fingerprint density at radius 3 is 2.43 bits per heavy atom. The number of nitrogens with zero attached hydrogens (tertiary/aromatic N) is 4. The van der Waals surface area contributed by atoms with Crippen LogP contribution in [0, 0.1) is 6.92 Å². The van der Waals surface area contributed by atoms with E-state index < -0.39 is 11.9 Å². The molecule has 0 saturated carbocycles. The van der Waals surface area contributed by atoms with E-state index in [1.807, 2.05) is 24.3 Å². The Hall–Kier alpha value is -3.62. The number of aryl methyl sites for hydroxylation is 1. The van der Waals surface area contributed by atoms with E-state index in [9.17, 15) is 9.59 Å². The van der Waals surface area contributed by atoms with Crippen LogP contribution in [0.4, 0.5) is 5.69 Å². The first-order chi connectivity index (χ1) is 14.5. The average Bonchev–Trinajstić information content (AvgIpc) is 3.45. The van der Waals surface area contributed by atoms with Gasteiger partial charge >= 0.3 is 0 Å². The number of hydrogen-bond donors (Lipinski definition) is 1. The van der Waals surface area contributed by atoms with Crippen molar-refractivity contribution in [1.29, 1.82) is 0 Å². The van der Waals surface area contributed by atoms with Gasteiger partial charge in [0.15, 0.2) is 5.76 Å². The Morgan fingerprint density at radius 1 is 1.10 bits per heavy atom. The highest BCUT2D eigenvalue weighted by atomic mass is 16.5. The van der Waals surface area contributed by atoms with Gasteiger partial charge < -0.3 is 24.1 Å². The minimum atomic E-state index is -0.619. The van der Waals surface area contributed by atoms with Gasteiger partial charge in [0.25, 0.3) is 5.91 Å². The number of furan rings is 1. The lowest BCUT2D eigenvalue weighted by atomic mass is 10.1. The van der Waals surface area contributed by atoms with Crippen LogP contribution in [0.1, 0.15) is 23.4 Å². The highest BCUT2D eigenvalue weighted by Gasteiger charge is 2.26. The van der Waals surface area contributed by atoms with Gasteiger partial charge in [-0.25, -0.2) is 0 Å². The molecule has 1 aliphatic heterocycles. The summed E-state index contributed by atoms with van der Waals surface area (Å²) in [4.78, 5) is 33.0. The third-order valence-electron chi connectivity index (χ3n) is 5.07. The average molecular weight is 409 g/mol. The zero-order valence-electron chi connectivity index (χ0n) is 16.9. The van der Waals surface area contributed by atoms with Crippen LogP contribution in [0.25, 0.3) is 11.4 Å². The van der Waals surface area contributed by atoms with Crippen molar-refractivity contribution in [3.63, 3.8) is 0 Å². The number of piperazine rings is 1. The first-order valence-corrected chi connectivity index (χ1v) is 9.80. The smallest absolute Gasteiger partial charge is 0.287 e. The second-order valence-corrected chi connectivity index (χ2v) is 7.17. The van der Waals surface area contributed by atoms with Crippen molar-refractivity contribution in [2.24, 2.45) is 0 Å². The summed E-state index contributed by atoms with van der Waals surface area (Å²) in [6, 6.07) is 10.5. The summed E-state index contributed by atoms with van der Waals surface area (Å²) < 4.78 is 10.1. The maximum Gasteiger partial charge on any atom is 0.287 e. The molecule has 4 rings (SSSR count). The molecule has 0 bridgehead atoms. The van der Waals surface area contributed by atoms with Gasteiger partial charge in [0, 0.05) is 44.4 Å². The van der Waals surface area contributed by atoms with Crippen molar-refractivity contribution < 1.29 is 18.5 Å². The van der Waals surface area contributed by atoms with E-state index in [0.29, 0.717) is 37.9 Å². The van der Waals surface area contributed by atoms with Gasteiger partial charge in [-0.3, -0.25) is 9.59 Å². The standard InChI is InChI=1S/C21H23N5O4/c1-14(22-20(27)18-4-3-13-29-18)21(28)26-11-9-25(10-12-26)17-7-5-16(6-8-17)19-23-15(2)30-24-19/h3-8,13-14H,9-12H2,1-2H3,(H,22,27). The SMILES string of the molecule is Cc1nc(-c2ccc(N3CCN(C(=O)C(C)NC(=O)c4ccco4)CC3)cc2)no1. The van der Waals surface area contributed by atoms with Gasteiger partial charge in [0.1, 0.15) is 6.04 Å². The van der Waals surface area contributed by atoms with Crippen LogP contribution in [0.15, 0.2) is 51.6 Å². The maximum absolute atomic E-state index is 12.7. The number of amides is 2. The molecule has 0 radical (unpaired) electrons. The Morgan fingerprint density at radius 2 is 1.83 bits per heavy atom. The maximum atomic E-state index is 12.7. The predicted octanol–water partition coefficient (Wildman–Crippen LogP) is 2.11. The molecular formula is C21H23N5O4. The van der Waals surface area contributed by atoms with E-state index in [-0.39, 0.29) is 11.7 Å². The molecule has 0 spiro atoms. The van der Waals surface area contributed by atoms with Crippen LogP contribution in [0.5, 0.6) is 0 Å². The number of benzene rings is 1. The highest BCUT2D eigenvalue weighted by molar-refractivity contribution is 5.95. The lowest BCUT2D eigenvalue weighted by Gasteiger charge is -2.37. The van der Waals surface area contributed by atoms with Crippen molar-refractivity contribution >= 4 is 17.5 Å². The molecule has 9 nitrogen and oxygen atoms in total. The van der Waals surface area contributed by atoms with Gasteiger partial charge in [-0.1, -0.05) is 5.16 Å². The fraction of sp³-hybridized carbons (Fsp3) is 0.333. The highest BCUT2D eigenvalue weighted by Crippen LogP contribution is 2.22. The largest absolute Gasteiger partial charge is 0.459 e. The molecule has 3 aromatic rings. The van der Waals surface area contributed by atoms with Crippen molar-refractivity contribution in [1.82, 2.24) is 20.4 Å². The summed E-state index contributed by atoms with van der Waals surface area (Å²) in [6.45, 7) is 6.05. The summed E-state index contributed by atoms with van der Waals surface area (Å²) in [7, 11) is 0. The lowest BCUT2D eigenvalue weighted by Crippen LogP contribution is -2.54. The van der Waals surface area contributed by atoms with Gasteiger partial charge in [-0.2, -0.15) is 4.98 Å². The van der Waals surface area contributed by atoms with Crippen LogP contribution < -0.4 is 10.2 Å². The number of rotatable bonds is 5. The second-order valence-electron chi connectivity index (χ2n) is 7.17. The van der Waals surface area contributed by atoms with Crippen LogP contribution in [0.3, 0.4) is 0 Å². The number of carbonyl (C=O) groups excluding carboxylic acids is 2. The molecule has 9 heteroatoms. The third-order valence-corrected chi connectivity index (χ3v) is 5.07. The van der Waals surface area contributed by atoms with Gasteiger partial charge in [-0.05, 0) is 43.3 Å². The van der Waals surface area contributed by atoms with E-state index in [1.54, 1.807) is 30.9 Å². The second kappa shape index (κ2) is 8.40. The molecule has 1 fully saturated rings. The van der Waals surface area contributed by atoms with Gasteiger partial charge in [-0.15, -0.1) is 0 Å². The molecular weight excluding hydrogens is 386 g/mol. The van der Waals surface area contributed by atoms with E-state index in [0.717, 1.165) is 11.3 Å². The van der Waals surface area contributed by atoms with Crippen molar-refractivity contribution in [2.75, 3.05) is 31.1 Å². The molecule has 1 aliphatic rings. The quantitative estimate of drug-likeness (QED) is 0.688. The van der Waals surface area contributed by atoms with Crippen LogP contribution >= 0.6 is 0 Å². The normalized spacial score (nSPS) is 15.1. The van der Waals surface area contributed by atoms with Gasteiger partial charge in [0.05, 0.1) is 6.26 Å². The van der Waals surface area contributed by atoms with Crippen LogP contribution in [0.2, 0.25) is 0 Å². The molecule has 1 saturated heterocycles. The number of anilines is 1. The van der Waals surface area contributed by atoms with E-state index in [2.05, 4.69) is 20.4 Å². The predicted molar refractivity (Wildman–Crippen MR) is 109 cm³/mol. The van der Waals surface area contributed by atoms with Crippen molar-refractivity contribution in [3.05, 3.63) is 54.3 Å². The van der Waals surface area contributed by atoms with Crippen LogP contribution in [-0.2, 0) is 4.79 Å². The summed E-state index contributed by atoms with van der Waals surface area (Å²) >= 11 is 0. The van der Waals surface area contributed by atoms with Crippen molar-refractivity contribution in [2.45, 2.75) is 19.9 Å².